The van der Waals surface area contributed by atoms with Gasteiger partial charge in [-0.2, -0.15) is 0 Å². The van der Waals surface area contributed by atoms with Gasteiger partial charge >= 0.3 is 0 Å². The highest BCUT2D eigenvalue weighted by Crippen LogP contribution is 2.14. The maximum atomic E-state index is 4.29. The van der Waals surface area contributed by atoms with E-state index in [1.165, 1.54) is 11.1 Å². The Morgan fingerprint density at radius 3 is 2.62 bits per heavy atom. The molecule has 0 radical (unpaired) electrons. The Bertz CT molecular complexity index is 404. The summed E-state index contributed by atoms with van der Waals surface area (Å²) in [7, 11) is 0. The predicted octanol–water partition coefficient (Wildman–Crippen LogP) is 2.09. The number of aryl methyl sites for hydroxylation is 2. The first kappa shape index (κ1) is 7.98. The highest BCUT2D eigenvalue weighted by molar-refractivity contribution is 5.50. The van der Waals surface area contributed by atoms with Gasteiger partial charge in [0.2, 0.25) is 0 Å². The Morgan fingerprint density at radius 2 is 2.00 bits per heavy atom. The fourth-order valence-electron chi connectivity index (χ4n) is 1.16. The molecule has 0 saturated heterocycles. The summed E-state index contributed by atoms with van der Waals surface area (Å²) in [5.74, 6) is 0.822. The molecule has 0 aliphatic rings. The monoisotopic (exact) mass is 173 g/mol. The summed E-state index contributed by atoms with van der Waals surface area (Å²) >= 11 is 0. The normalized spacial score (nSPS) is 10.3. The number of hydrogen-bond acceptors (Lipinski definition) is 2. The number of hydrogen-bond donors (Lipinski definition) is 1. The molecule has 0 aliphatic carbocycles. The maximum absolute atomic E-state index is 4.29. The first-order valence-corrected chi connectivity index (χ1v) is 4.20. The molecule has 0 bridgehead atoms. The quantitative estimate of drug-likeness (QED) is 0.717. The SMILES string of the molecule is Cc1cnc(-c2ncc[nH]2)cc1C. The molecule has 0 saturated carbocycles. The molecule has 0 aromatic carbocycles. The topological polar surface area (TPSA) is 41.6 Å². The Balaban J connectivity index is 2.49. The summed E-state index contributed by atoms with van der Waals surface area (Å²) in [6.45, 7) is 4.12. The number of pyridine rings is 1. The van der Waals surface area contributed by atoms with Gasteiger partial charge in [-0.25, -0.2) is 4.98 Å². The van der Waals surface area contributed by atoms with Crippen LogP contribution in [-0.4, -0.2) is 15.0 Å². The van der Waals surface area contributed by atoms with E-state index < -0.39 is 0 Å². The molecule has 1 N–H and O–H groups in total. The van der Waals surface area contributed by atoms with E-state index in [2.05, 4.69) is 21.9 Å². The van der Waals surface area contributed by atoms with Gasteiger partial charge in [-0.05, 0) is 31.0 Å². The van der Waals surface area contributed by atoms with Crippen molar-refractivity contribution in [2.45, 2.75) is 13.8 Å². The lowest BCUT2D eigenvalue weighted by molar-refractivity contribution is 1.17. The second-order valence-corrected chi connectivity index (χ2v) is 3.09. The molecule has 3 heteroatoms. The van der Waals surface area contributed by atoms with E-state index in [0.717, 1.165) is 11.5 Å². The molecule has 3 nitrogen and oxygen atoms in total. The van der Waals surface area contributed by atoms with Gasteiger partial charge < -0.3 is 4.98 Å². The standard InChI is InChI=1S/C10H11N3/c1-7-5-9(13-6-8(7)2)10-11-3-4-12-10/h3-6H,1-2H3,(H,11,12). The molecule has 0 aliphatic heterocycles. The number of rotatable bonds is 1. The Hall–Kier alpha value is -1.64. The van der Waals surface area contributed by atoms with E-state index in [0.29, 0.717) is 0 Å². The summed E-state index contributed by atoms with van der Waals surface area (Å²) in [6.07, 6.45) is 5.39. The third kappa shape index (κ3) is 1.45. The van der Waals surface area contributed by atoms with Crippen LogP contribution in [0.2, 0.25) is 0 Å². The third-order valence-corrected chi connectivity index (χ3v) is 2.11. The molecule has 0 fully saturated rings. The van der Waals surface area contributed by atoms with Crippen molar-refractivity contribution in [3.05, 3.63) is 35.8 Å². The van der Waals surface area contributed by atoms with E-state index in [1.54, 1.807) is 12.4 Å². The number of aromatic nitrogens is 3. The van der Waals surface area contributed by atoms with Crippen LogP contribution in [0.25, 0.3) is 11.5 Å². The van der Waals surface area contributed by atoms with Crippen molar-refractivity contribution in [1.82, 2.24) is 15.0 Å². The van der Waals surface area contributed by atoms with Gasteiger partial charge in [-0.1, -0.05) is 0 Å². The second kappa shape index (κ2) is 3.01. The van der Waals surface area contributed by atoms with Crippen molar-refractivity contribution in [2.75, 3.05) is 0 Å². The van der Waals surface area contributed by atoms with E-state index in [-0.39, 0.29) is 0 Å². The molecular weight excluding hydrogens is 162 g/mol. The third-order valence-electron chi connectivity index (χ3n) is 2.11. The fraction of sp³-hybridized carbons (Fsp3) is 0.200. The molecule has 13 heavy (non-hydrogen) atoms. The van der Waals surface area contributed by atoms with Gasteiger partial charge in [0.15, 0.2) is 5.82 Å². The zero-order chi connectivity index (χ0) is 9.26. The highest BCUT2D eigenvalue weighted by Gasteiger charge is 2.01. The van der Waals surface area contributed by atoms with E-state index in [1.807, 2.05) is 19.2 Å². The van der Waals surface area contributed by atoms with Crippen molar-refractivity contribution < 1.29 is 0 Å². The zero-order valence-corrected chi connectivity index (χ0v) is 7.70. The molecule has 2 rings (SSSR count). The molecule has 0 unspecified atom stereocenters. The fourth-order valence-corrected chi connectivity index (χ4v) is 1.16. The molecule has 2 aromatic heterocycles. The summed E-state index contributed by atoms with van der Waals surface area (Å²) in [5, 5.41) is 0. The van der Waals surface area contributed by atoms with Crippen molar-refractivity contribution >= 4 is 0 Å². The average Bonchev–Trinajstić information content (AvgIpc) is 2.62. The Kier molecular flexibility index (Phi) is 1.85. The first-order chi connectivity index (χ1) is 6.27. The van der Waals surface area contributed by atoms with Crippen LogP contribution in [0, 0.1) is 13.8 Å². The van der Waals surface area contributed by atoms with Crippen LogP contribution in [0.3, 0.4) is 0 Å². The summed E-state index contributed by atoms with van der Waals surface area (Å²) < 4.78 is 0. The van der Waals surface area contributed by atoms with Crippen molar-refractivity contribution in [3.8, 4) is 11.5 Å². The minimum Gasteiger partial charge on any atom is -0.343 e. The summed E-state index contributed by atoms with van der Waals surface area (Å²) in [5.41, 5.74) is 3.34. The minimum atomic E-state index is 0.822. The van der Waals surface area contributed by atoms with Gasteiger partial charge in [0, 0.05) is 18.6 Å². The van der Waals surface area contributed by atoms with Crippen LogP contribution in [-0.2, 0) is 0 Å². The van der Waals surface area contributed by atoms with E-state index in [4.69, 9.17) is 0 Å². The molecule has 0 atom stereocenters. The lowest BCUT2D eigenvalue weighted by atomic mass is 10.1. The van der Waals surface area contributed by atoms with E-state index in [9.17, 15) is 0 Å². The van der Waals surface area contributed by atoms with Crippen LogP contribution in [0.15, 0.2) is 24.7 Å². The summed E-state index contributed by atoms with van der Waals surface area (Å²) in [4.78, 5) is 11.5. The van der Waals surface area contributed by atoms with Gasteiger partial charge in [-0.3, -0.25) is 4.98 Å². The lowest BCUT2D eigenvalue weighted by Gasteiger charge is -2.00. The van der Waals surface area contributed by atoms with Gasteiger partial charge in [0.05, 0.1) is 0 Å². The van der Waals surface area contributed by atoms with Crippen molar-refractivity contribution in [2.24, 2.45) is 0 Å². The van der Waals surface area contributed by atoms with Crippen molar-refractivity contribution in [1.29, 1.82) is 0 Å². The number of nitrogens with zero attached hydrogens (tertiary/aromatic N) is 2. The smallest absolute Gasteiger partial charge is 0.155 e. The van der Waals surface area contributed by atoms with Gasteiger partial charge in [-0.15, -0.1) is 0 Å². The predicted molar refractivity (Wildman–Crippen MR) is 51.3 cm³/mol. The molecule has 66 valence electrons. The van der Waals surface area contributed by atoms with Crippen LogP contribution < -0.4 is 0 Å². The minimum absolute atomic E-state index is 0.822. The Labute approximate surface area is 76.9 Å². The van der Waals surface area contributed by atoms with Gasteiger partial charge in [0.25, 0.3) is 0 Å². The van der Waals surface area contributed by atoms with Crippen LogP contribution in [0.1, 0.15) is 11.1 Å². The van der Waals surface area contributed by atoms with Crippen LogP contribution in [0.4, 0.5) is 0 Å². The highest BCUT2D eigenvalue weighted by atomic mass is 14.9. The molecule has 2 heterocycles. The average molecular weight is 173 g/mol. The summed E-state index contributed by atoms with van der Waals surface area (Å²) in [6, 6.07) is 2.04. The Morgan fingerprint density at radius 1 is 1.15 bits per heavy atom. The van der Waals surface area contributed by atoms with Crippen LogP contribution in [0.5, 0.6) is 0 Å². The molecule has 0 amide bonds. The lowest BCUT2D eigenvalue weighted by Crippen LogP contribution is -1.89. The number of imidazole rings is 1. The number of aromatic amines is 1. The molecule has 2 aromatic rings. The molecular formula is C10H11N3. The zero-order valence-electron chi connectivity index (χ0n) is 7.70. The first-order valence-electron chi connectivity index (χ1n) is 4.20. The number of nitrogens with one attached hydrogen (secondary N) is 1. The van der Waals surface area contributed by atoms with Crippen molar-refractivity contribution in [3.63, 3.8) is 0 Å². The number of H-pyrrole nitrogens is 1. The van der Waals surface area contributed by atoms with Crippen LogP contribution >= 0.6 is 0 Å². The van der Waals surface area contributed by atoms with E-state index >= 15 is 0 Å². The second-order valence-electron chi connectivity index (χ2n) is 3.09. The largest absolute Gasteiger partial charge is 0.343 e. The maximum Gasteiger partial charge on any atom is 0.155 e. The molecule has 0 spiro atoms. The van der Waals surface area contributed by atoms with Gasteiger partial charge in [0.1, 0.15) is 5.69 Å².